The van der Waals surface area contributed by atoms with E-state index < -0.39 is 0 Å². The largest absolute Gasteiger partial charge is 0.490 e. The summed E-state index contributed by atoms with van der Waals surface area (Å²) in [4.78, 5) is 15.9. The van der Waals surface area contributed by atoms with Gasteiger partial charge in [-0.3, -0.25) is 9.79 Å². The molecule has 0 saturated heterocycles. The van der Waals surface area contributed by atoms with Crippen molar-refractivity contribution in [3.63, 3.8) is 0 Å². The summed E-state index contributed by atoms with van der Waals surface area (Å²) in [5.74, 6) is 2.15. The second kappa shape index (κ2) is 12.0. The Kier molecular flexibility index (Phi) is 10.1. The van der Waals surface area contributed by atoms with Gasteiger partial charge in [0.1, 0.15) is 0 Å². The number of amides is 1. The average molecular weight is 379 g/mol. The zero-order chi connectivity index (χ0) is 20.2. The predicted octanol–water partition coefficient (Wildman–Crippen LogP) is 2.62. The number of nitrogens with one attached hydrogen (secondary N) is 3. The molecule has 152 valence electrons. The molecule has 3 N–H and O–H groups in total. The second-order valence-electron chi connectivity index (χ2n) is 6.41. The van der Waals surface area contributed by atoms with Crippen molar-refractivity contribution in [2.24, 2.45) is 4.99 Å². The molecular formula is C20H34N4O3. The predicted molar refractivity (Wildman–Crippen MR) is 110 cm³/mol. The first-order valence-corrected chi connectivity index (χ1v) is 9.57. The fraction of sp³-hybridized carbons (Fsp3) is 0.600. The summed E-state index contributed by atoms with van der Waals surface area (Å²) in [6.07, 6.45) is 0.394. The highest BCUT2D eigenvalue weighted by Gasteiger charge is 2.12. The van der Waals surface area contributed by atoms with Crippen LogP contribution in [-0.2, 0) is 4.79 Å². The molecule has 0 aliphatic rings. The Hall–Kier alpha value is -2.44. The molecule has 1 aromatic carbocycles. The molecule has 7 nitrogen and oxygen atoms in total. The van der Waals surface area contributed by atoms with E-state index in [-0.39, 0.29) is 18.0 Å². The Morgan fingerprint density at radius 3 is 2.33 bits per heavy atom. The third kappa shape index (κ3) is 8.19. The van der Waals surface area contributed by atoms with E-state index in [0.29, 0.717) is 32.1 Å². The number of ether oxygens (including phenoxy) is 2. The molecule has 7 heteroatoms. The third-order valence-corrected chi connectivity index (χ3v) is 3.74. The van der Waals surface area contributed by atoms with E-state index >= 15 is 0 Å². The van der Waals surface area contributed by atoms with Crippen LogP contribution in [0.15, 0.2) is 23.2 Å². The highest BCUT2D eigenvalue weighted by atomic mass is 16.5. The van der Waals surface area contributed by atoms with E-state index in [9.17, 15) is 4.79 Å². The summed E-state index contributed by atoms with van der Waals surface area (Å²) in [6.45, 7) is 11.5. The minimum atomic E-state index is 0.00979. The maximum atomic E-state index is 11.7. The lowest BCUT2D eigenvalue weighted by Gasteiger charge is -2.20. The zero-order valence-electron chi connectivity index (χ0n) is 17.4. The lowest BCUT2D eigenvalue weighted by molar-refractivity contribution is -0.121. The van der Waals surface area contributed by atoms with Crippen LogP contribution in [0.25, 0.3) is 0 Å². The highest BCUT2D eigenvalue weighted by Crippen LogP contribution is 2.30. The van der Waals surface area contributed by atoms with Crippen LogP contribution in [0, 0.1) is 0 Å². The van der Waals surface area contributed by atoms with Gasteiger partial charge < -0.3 is 25.4 Å². The second-order valence-corrected chi connectivity index (χ2v) is 6.41. The van der Waals surface area contributed by atoms with Gasteiger partial charge in [-0.15, -0.1) is 0 Å². The summed E-state index contributed by atoms with van der Waals surface area (Å²) in [5.41, 5.74) is 1.06. The highest BCUT2D eigenvalue weighted by molar-refractivity contribution is 5.81. The lowest BCUT2D eigenvalue weighted by Crippen LogP contribution is -2.41. The van der Waals surface area contributed by atoms with Gasteiger partial charge in [0.25, 0.3) is 0 Å². The number of benzene rings is 1. The Morgan fingerprint density at radius 1 is 1.07 bits per heavy atom. The molecule has 1 atom stereocenters. The van der Waals surface area contributed by atoms with Gasteiger partial charge in [0, 0.05) is 26.1 Å². The van der Waals surface area contributed by atoms with Crippen LogP contribution in [0.1, 0.15) is 52.6 Å². The third-order valence-electron chi connectivity index (χ3n) is 3.74. The van der Waals surface area contributed by atoms with Gasteiger partial charge >= 0.3 is 0 Å². The Morgan fingerprint density at radius 2 is 1.74 bits per heavy atom. The molecule has 27 heavy (non-hydrogen) atoms. The SMILES string of the molecule is CCOc1ccc(C(C)NC(=NC)NCCC(=O)NC(C)C)cc1OCC. The molecule has 0 fully saturated rings. The van der Waals surface area contributed by atoms with Gasteiger partial charge in [0.05, 0.1) is 19.3 Å². The molecule has 0 aliphatic heterocycles. The van der Waals surface area contributed by atoms with E-state index in [1.807, 2.05) is 52.8 Å². The minimum absolute atomic E-state index is 0.00979. The quantitative estimate of drug-likeness (QED) is 0.431. The van der Waals surface area contributed by atoms with Crippen LogP contribution in [0.3, 0.4) is 0 Å². The van der Waals surface area contributed by atoms with Crippen molar-refractivity contribution < 1.29 is 14.3 Å². The smallest absolute Gasteiger partial charge is 0.221 e. The number of carbonyl (C=O) groups excluding carboxylic acids is 1. The average Bonchev–Trinajstić information content (AvgIpc) is 2.61. The van der Waals surface area contributed by atoms with Crippen molar-refractivity contribution in [1.82, 2.24) is 16.0 Å². The Balaban J connectivity index is 2.65. The molecule has 0 aromatic heterocycles. The van der Waals surface area contributed by atoms with Crippen molar-refractivity contribution in [3.05, 3.63) is 23.8 Å². The number of aliphatic imine (C=N–C) groups is 1. The van der Waals surface area contributed by atoms with Crippen LogP contribution in [0.2, 0.25) is 0 Å². The maximum absolute atomic E-state index is 11.7. The van der Waals surface area contributed by atoms with Gasteiger partial charge in [-0.2, -0.15) is 0 Å². The molecule has 0 saturated carbocycles. The first-order chi connectivity index (χ1) is 12.9. The molecule has 0 aliphatic carbocycles. The van der Waals surface area contributed by atoms with Crippen LogP contribution in [0.4, 0.5) is 0 Å². The first-order valence-electron chi connectivity index (χ1n) is 9.57. The molecule has 1 amide bonds. The number of nitrogens with zero attached hydrogens (tertiary/aromatic N) is 1. The Labute approximate surface area is 162 Å². The van der Waals surface area contributed by atoms with Gasteiger partial charge in [0.2, 0.25) is 5.91 Å². The first kappa shape index (κ1) is 22.6. The van der Waals surface area contributed by atoms with Crippen molar-refractivity contribution in [2.75, 3.05) is 26.8 Å². The molecule has 0 heterocycles. The fourth-order valence-electron chi connectivity index (χ4n) is 2.51. The van der Waals surface area contributed by atoms with Crippen LogP contribution >= 0.6 is 0 Å². The van der Waals surface area contributed by atoms with E-state index in [2.05, 4.69) is 20.9 Å². The van der Waals surface area contributed by atoms with E-state index in [1.54, 1.807) is 7.05 Å². The van der Waals surface area contributed by atoms with Gasteiger partial charge in [-0.1, -0.05) is 6.07 Å². The van der Waals surface area contributed by atoms with Crippen molar-refractivity contribution >= 4 is 11.9 Å². The molecular weight excluding hydrogens is 344 g/mol. The van der Waals surface area contributed by atoms with Gasteiger partial charge in [0.15, 0.2) is 17.5 Å². The normalized spacial score (nSPS) is 12.5. The number of guanidine groups is 1. The summed E-state index contributed by atoms with van der Waals surface area (Å²) in [5, 5.41) is 9.37. The number of carbonyl (C=O) groups is 1. The van der Waals surface area contributed by atoms with E-state index in [1.165, 1.54) is 0 Å². The summed E-state index contributed by atoms with van der Waals surface area (Å²) < 4.78 is 11.3. The topological polar surface area (TPSA) is 84.0 Å². The maximum Gasteiger partial charge on any atom is 0.221 e. The molecule has 1 aromatic rings. The zero-order valence-corrected chi connectivity index (χ0v) is 17.4. The summed E-state index contributed by atoms with van der Waals surface area (Å²) in [6, 6.07) is 6.07. The lowest BCUT2D eigenvalue weighted by atomic mass is 10.1. The number of rotatable bonds is 10. The Bertz CT molecular complexity index is 617. The van der Waals surface area contributed by atoms with Crippen LogP contribution in [0.5, 0.6) is 11.5 Å². The van der Waals surface area contributed by atoms with Gasteiger partial charge in [-0.05, 0) is 52.3 Å². The standard InChI is InChI=1S/C20H34N4O3/c1-7-26-17-10-9-16(13-18(17)27-8-2)15(5)24-20(21-6)22-12-11-19(25)23-14(3)4/h9-10,13-15H,7-8,11-12H2,1-6H3,(H,23,25)(H2,21,22,24). The molecule has 1 unspecified atom stereocenters. The van der Waals surface area contributed by atoms with Crippen LogP contribution < -0.4 is 25.4 Å². The van der Waals surface area contributed by atoms with Crippen molar-refractivity contribution in [1.29, 1.82) is 0 Å². The van der Waals surface area contributed by atoms with Crippen molar-refractivity contribution in [3.8, 4) is 11.5 Å². The van der Waals surface area contributed by atoms with E-state index in [4.69, 9.17) is 9.47 Å². The van der Waals surface area contributed by atoms with Gasteiger partial charge in [-0.25, -0.2) is 0 Å². The van der Waals surface area contributed by atoms with E-state index in [0.717, 1.165) is 17.1 Å². The molecule has 0 spiro atoms. The number of hydrogen-bond donors (Lipinski definition) is 3. The van der Waals surface area contributed by atoms with Crippen molar-refractivity contribution in [2.45, 2.75) is 53.1 Å². The summed E-state index contributed by atoms with van der Waals surface area (Å²) >= 11 is 0. The summed E-state index contributed by atoms with van der Waals surface area (Å²) in [7, 11) is 1.71. The number of hydrogen-bond acceptors (Lipinski definition) is 4. The van der Waals surface area contributed by atoms with Crippen LogP contribution in [-0.4, -0.2) is 44.7 Å². The molecule has 0 bridgehead atoms. The monoisotopic (exact) mass is 378 g/mol. The molecule has 0 radical (unpaired) electrons. The minimum Gasteiger partial charge on any atom is -0.490 e. The fourth-order valence-corrected chi connectivity index (χ4v) is 2.51. The molecule has 1 rings (SSSR count).